The number of nitriles is 1. The first-order valence-corrected chi connectivity index (χ1v) is 8.78. The molecule has 2 unspecified atom stereocenters. The van der Waals surface area contributed by atoms with Crippen molar-refractivity contribution in [3.63, 3.8) is 0 Å². The first kappa shape index (κ1) is 21.1. The Morgan fingerprint density at radius 1 is 1.39 bits per heavy atom. The quantitative estimate of drug-likeness (QED) is 0.751. The van der Waals surface area contributed by atoms with Crippen molar-refractivity contribution in [1.29, 1.82) is 5.26 Å². The molecule has 0 bridgehead atoms. The number of hydrogen-bond acceptors (Lipinski definition) is 6. The summed E-state index contributed by atoms with van der Waals surface area (Å²) >= 11 is 0. The highest BCUT2D eigenvalue weighted by Gasteiger charge is 2.16. The van der Waals surface area contributed by atoms with Gasteiger partial charge in [-0.1, -0.05) is 13.0 Å². The van der Waals surface area contributed by atoms with Gasteiger partial charge in [0.2, 0.25) is 0 Å². The zero-order valence-corrected chi connectivity index (χ0v) is 16.0. The molecule has 2 rings (SSSR count). The van der Waals surface area contributed by atoms with E-state index in [9.17, 15) is 14.4 Å². The summed E-state index contributed by atoms with van der Waals surface area (Å²) in [6, 6.07) is 8.40. The second kappa shape index (κ2) is 9.67. The molecule has 0 aliphatic carbocycles. The van der Waals surface area contributed by atoms with Crippen molar-refractivity contribution in [2.45, 2.75) is 26.3 Å². The summed E-state index contributed by atoms with van der Waals surface area (Å²) in [6.45, 7) is 4.37. The Morgan fingerprint density at radius 2 is 2.14 bits per heavy atom. The zero-order chi connectivity index (χ0) is 20.7. The fourth-order valence-corrected chi connectivity index (χ4v) is 2.75. The fraction of sp³-hybridized carbons (Fsp3) is 0.350. The lowest BCUT2D eigenvalue weighted by Gasteiger charge is -2.16. The SMILES string of the molecule is COC(=O)Nc1nccc(-c2ccc(OCC(C)CC(C)N)c(C#N)c2)c1F. The Bertz CT molecular complexity index is 880. The highest BCUT2D eigenvalue weighted by molar-refractivity contribution is 5.84. The third-order valence-corrected chi connectivity index (χ3v) is 4.00. The van der Waals surface area contributed by atoms with E-state index in [1.807, 2.05) is 13.8 Å². The van der Waals surface area contributed by atoms with Crippen LogP contribution in [-0.4, -0.2) is 30.8 Å². The normalized spacial score (nSPS) is 12.6. The maximum Gasteiger partial charge on any atom is 0.412 e. The summed E-state index contributed by atoms with van der Waals surface area (Å²) in [5.74, 6) is -0.329. The minimum absolute atomic E-state index is 0.0684. The van der Waals surface area contributed by atoms with Crippen molar-refractivity contribution in [1.82, 2.24) is 4.98 Å². The third kappa shape index (κ3) is 5.41. The molecular weight excluding hydrogens is 363 g/mol. The summed E-state index contributed by atoms with van der Waals surface area (Å²) in [5.41, 5.74) is 6.72. The van der Waals surface area contributed by atoms with Gasteiger partial charge in [0.25, 0.3) is 0 Å². The van der Waals surface area contributed by atoms with E-state index in [4.69, 9.17) is 10.5 Å². The summed E-state index contributed by atoms with van der Waals surface area (Å²) in [5, 5.41) is 11.7. The number of benzene rings is 1. The van der Waals surface area contributed by atoms with Crippen LogP contribution in [0.1, 0.15) is 25.8 Å². The molecule has 0 spiro atoms. The first-order chi connectivity index (χ1) is 13.3. The molecule has 0 saturated carbocycles. The molecule has 1 aromatic carbocycles. The number of amides is 1. The predicted molar refractivity (Wildman–Crippen MR) is 103 cm³/mol. The molecule has 3 N–H and O–H groups in total. The number of nitrogens with two attached hydrogens (primary N) is 1. The largest absolute Gasteiger partial charge is 0.492 e. The van der Waals surface area contributed by atoms with Gasteiger partial charge in [-0.2, -0.15) is 5.26 Å². The van der Waals surface area contributed by atoms with Crippen LogP contribution in [0, 0.1) is 23.1 Å². The number of anilines is 1. The van der Waals surface area contributed by atoms with Crippen molar-refractivity contribution in [3.05, 3.63) is 41.8 Å². The molecule has 8 heteroatoms. The second-order valence-electron chi connectivity index (χ2n) is 6.59. The van der Waals surface area contributed by atoms with E-state index in [0.29, 0.717) is 17.9 Å². The van der Waals surface area contributed by atoms with Crippen molar-refractivity contribution in [2.24, 2.45) is 11.7 Å². The number of methoxy groups -OCH3 is 1. The van der Waals surface area contributed by atoms with E-state index < -0.39 is 11.9 Å². The van der Waals surface area contributed by atoms with Crippen LogP contribution in [0.25, 0.3) is 11.1 Å². The molecule has 2 atom stereocenters. The van der Waals surface area contributed by atoms with Crippen LogP contribution in [-0.2, 0) is 4.74 Å². The summed E-state index contributed by atoms with van der Waals surface area (Å²) < 4.78 is 24.9. The van der Waals surface area contributed by atoms with Crippen LogP contribution >= 0.6 is 0 Å². The summed E-state index contributed by atoms with van der Waals surface area (Å²) in [6.07, 6.45) is 1.33. The molecule has 0 fully saturated rings. The molecule has 148 valence electrons. The number of pyridine rings is 1. The summed E-state index contributed by atoms with van der Waals surface area (Å²) in [7, 11) is 1.17. The molecule has 0 saturated heterocycles. The van der Waals surface area contributed by atoms with Gasteiger partial charge in [-0.3, -0.25) is 5.32 Å². The van der Waals surface area contributed by atoms with Gasteiger partial charge in [0.05, 0.1) is 19.3 Å². The maximum atomic E-state index is 14.7. The number of nitrogens with zero attached hydrogens (tertiary/aromatic N) is 2. The van der Waals surface area contributed by atoms with E-state index in [1.165, 1.54) is 25.4 Å². The van der Waals surface area contributed by atoms with Crippen LogP contribution in [0.15, 0.2) is 30.5 Å². The van der Waals surface area contributed by atoms with E-state index in [2.05, 4.69) is 21.1 Å². The number of aromatic nitrogens is 1. The molecule has 2 aromatic rings. The van der Waals surface area contributed by atoms with Crippen molar-refractivity contribution >= 4 is 11.9 Å². The van der Waals surface area contributed by atoms with Gasteiger partial charge >= 0.3 is 6.09 Å². The lowest BCUT2D eigenvalue weighted by molar-refractivity contribution is 0.186. The van der Waals surface area contributed by atoms with Gasteiger partial charge in [-0.15, -0.1) is 0 Å². The molecular formula is C20H23FN4O3. The number of ether oxygens (including phenoxy) is 2. The second-order valence-corrected chi connectivity index (χ2v) is 6.59. The number of halogens is 1. The van der Waals surface area contributed by atoms with Gasteiger partial charge < -0.3 is 15.2 Å². The van der Waals surface area contributed by atoms with Crippen LogP contribution in [0.4, 0.5) is 15.0 Å². The van der Waals surface area contributed by atoms with Gasteiger partial charge in [0.15, 0.2) is 11.6 Å². The molecule has 0 aliphatic heterocycles. The van der Waals surface area contributed by atoms with Crippen molar-refractivity contribution < 1.29 is 18.7 Å². The molecule has 0 radical (unpaired) electrons. The van der Waals surface area contributed by atoms with Crippen LogP contribution in [0.3, 0.4) is 0 Å². The molecule has 28 heavy (non-hydrogen) atoms. The summed E-state index contributed by atoms with van der Waals surface area (Å²) in [4.78, 5) is 15.1. The zero-order valence-electron chi connectivity index (χ0n) is 16.0. The van der Waals surface area contributed by atoms with Crippen molar-refractivity contribution in [3.8, 4) is 22.9 Å². The predicted octanol–water partition coefficient (Wildman–Crippen LogP) is 3.69. The average molecular weight is 386 g/mol. The Kier molecular flexibility index (Phi) is 7.29. The van der Waals surface area contributed by atoms with Gasteiger partial charge in [0, 0.05) is 17.8 Å². The molecule has 1 amide bonds. The standard InChI is InChI=1S/C20H23FN4O3/c1-12(8-13(2)23)11-28-17-5-4-14(9-15(17)10-22)16-6-7-24-19(18(16)21)25-20(26)27-3/h4-7,9,12-13H,8,11,23H2,1-3H3,(H,24,25,26). The molecule has 1 aromatic heterocycles. The Balaban J connectivity index is 2.25. The number of nitrogens with one attached hydrogen (secondary N) is 1. The van der Waals surface area contributed by atoms with E-state index >= 15 is 0 Å². The Hall–Kier alpha value is -3.18. The third-order valence-electron chi connectivity index (χ3n) is 4.00. The van der Waals surface area contributed by atoms with Gasteiger partial charge in [-0.25, -0.2) is 14.2 Å². The fourth-order valence-electron chi connectivity index (χ4n) is 2.75. The van der Waals surface area contributed by atoms with E-state index in [1.54, 1.807) is 12.1 Å². The minimum Gasteiger partial charge on any atom is -0.492 e. The Morgan fingerprint density at radius 3 is 2.79 bits per heavy atom. The number of rotatable bonds is 7. The highest BCUT2D eigenvalue weighted by Crippen LogP contribution is 2.30. The lowest BCUT2D eigenvalue weighted by Crippen LogP contribution is -2.21. The average Bonchev–Trinajstić information content (AvgIpc) is 2.67. The van der Waals surface area contributed by atoms with Crippen LogP contribution in [0.5, 0.6) is 5.75 Å². The van der Waals surface area contributed by atoms with E-state index in [0.717, 1.165) is 6.42 Å². The van der Waals surface area contributed by atoms with Gasteiger partial charge in [0.1, 0.15) is 11.8 Å². The first-order valence-electron chi connectivity index (χ1n) is 8.78. The molecule has 0 aliphatic rings. The van der Waals surface area contributed by atoms with Crippen LogP contribution in [0.2, 0.25) is 0 Å². The maximum absolute atomic E-state index is 14.7. The monoisotopic (exact) mass is 386 g/mol. The van der Waals surface area contributed by atoms with Crippen molar-refractivity contribution in [2.75, 3.05) is 19.0 Å². The van der Waals surface area contributed by atoms with Crippen LogP contribution < -0.4 is 15.8 Å². The number of carbonyl (C=O) groups excluding carboxylic acids is 1. The minimum atomic E-state index is -0.828. The van der Waals surface area contributed by atoms with Gasteiger partial charge in [-0.05, 0) is 43.0 Å². The highest BCUT2D eigenvalue weighted by atomic mass is 19.1. The topological polar surface area (TPSA) is 110 Å². The molecule has 7 nitrogen and oxygen atoms in total. The Labute approximate surface area is 163 Å². The smallest absolute Gasteiger partial charge is 0.412 e. The number of carbonyl (C=O) groups is 1. The van der Waals surface area contributed by atoms with E-state index in [-0.39, 0.29) is 28.9 Å². The number of hydrogen-bond donors (Lipinski definition) is 2. The lowest BCUT2D eigenvalue weighted by atomic mass is 10.0. The molecule has 1 heterocycles.